The van der Waals surface area contributed by atoms with Crippen LogP contribution in [0.2, 0.25) is 5.02 Å². The first-order valence-electron chi connectivity index (χ1n) is 4.38. The van der Waals surface area contributed by atoms with Gasteiger partial charge in [-0.15, -0.1) is 25.6 Å². The summed E-state index contributed by atoms with van der Waals surface area (Å²) in [6.45, 7) is 0. The van der Waals surface area contributed by atoms with E-state index in [0.29, 0.717) is 12.1 Å². The van der Waals surface area contributed by atoms with Gasteiger partial charge in [0.05, 0.1) is 5.02 Å². The van der Waals surface area contributed by atoms with E-state index in [1.807, 2.05) is 0 Å². The molecule has 1 atom stereocenters. The van der Waals surface area contributed by atoms with E-state index in [1.165, 1.54) is 0 Å². The molecule has 10 heteroatoms. The van der Waals surface area contributed by atoms with Gasteiger partial charge in [-0.05, 0) is 17.7 Å². The molecule has 0 radical (unpaired) electrons. The highest BCUT2D eigenvalue weighted by Crippen LogP contribution is 2.36. The minimum absolute atomic E-state index is 0. The third kappa shape index (κ3) is 5.33. The second-order valence-corrected chi connectivity index (χ2v) is 3.66. The van der Waals surface area contributed by atoms with Crippen LogP contribution in [0.1, 0.15) is 11.6 Å². The minimum Gasteiger partial charge on any atom is -0.404 e. The van der Waals surface area contributed by atoms with Crippen LogP contribution < -0.4 is 10.5 Å². The van der Waals surface area contributed by atoms with E-state index < -0.39 is 34.9 Å². The quantitative estimate of drug-likeness (QED) is 0.824. The molecule has 0 aliphatic carbocycles. The van der Waals surface area contributed by atoms with Gasteiger partial charge in [-0.2, -0.15) is 13.2 Å². The third-order valence-corrected chi connectivity index (χ3v) is 2.19. The fourth-order valence-corrected chi connectivity index (χ4v) is 1.33. The molecule has 2 N–H and O–H groups in total. The smallest absolute Gasteiger partial charge is 0.404 e. The SMILES string of the molecule is Cl.N[C@H](c1ccc(OC(F)(F)F)c(Cl)c1)C(F)(F)F. The fourth-order valence-electron chi connectivity index (χ4n) is 1.11. The van der Waals surface area contributed by atoms with Gasteiger partial charge in [0.15, 0.2) is 0 Å². The highest BCUT2D eigenvalue weighted by molar-refractivity contribution is 6.32. The van der Waals surface area contributed by atoms with Crippen molar-refractivity contribution in [3.05, 3.63) is 28.8 Å². The van der Waals surface area contributed by atoms with E-state index >= 15 is 0 Å². The van der Waals surface area contributed by atoms with Crippen LogP contribution in [0.3, 0.4) is 0 Å². The molecule has 0 unspecified atom stereocenters. The molecule has 0 bridgehead atoms. The monoisotopic (exact) mass is 329 g/mol. The minimum atomic E-state index is -4.97. The van der Waals surface area contributed by atoms with Crippen molar-refractivity contribution < 1.29 is 31.1 Å². The molecule has 2 nitrogen and oxygen atoms in total. The van der Waals surface area contributed by atoms with Crippen LogP contribution in [0.25, 0.3) is 0 Å². The van der Waals surface area contributed by atoms with Crippen molar-refractivity contribution >= 4 is 24.0 Å². The van der Waals surface area contributed by atoms with Gasteiger partial charge >= 0.3 is 12.5 Å². The average Bonchev–Trinajstić information content (AvgIpc) is 2.16. The molecule has 19 heavy (non-hydrogen) atoms. The highest BCUT2D eigenvalue weighted by Gasteiger charge is 2.38. The van der Waals surface area contributed by atoms with E-state index in [1.54, 1.807) is 0 Å². The fraction of sp³-hybridized carbons (Fsp3) is 0.333. The molecule has 0 saturated carbocycles. The predicted molar refractivity (Wildman–Crippen MR) is 58.4 cm³/mol. The summed E-state index contributed by atoms with van der Waals surface area (Å²) in [5.74, 6) is -0.790. The number of ether oxygens (including phenoxy) is 1. The molecule has 1 rings (SSSR count). The van der Waals surface area contributed by atoms with Crippen molar-refractivity contribution in [3.63, 3.8) is 0 Å². The lowest BCUT2D eigenvalue weighted by atomic mass is 10.1. The maximum atomic E-state index is 12.3. The Morgan fingerprint density at radius 2 is 1.63 bits per heavy atom. The Bertz CT molecular complexity index is 434. The van der Waals surface area contributed by atoms with Gasteiger partial charge in [0.25, 0.3) is 0 Å². The molecule has 0 aliphatic rings. The van der Waals surface area contributed by atoms with Crippen LogP contribution in [-0.4, -0.2) is 12.5 Å². The Kier molecular flexibility index (Phi) is 5.79. The zero-order valence-corrected chi connectivity index (χ0v) is 10.4. The second kappa shape index (κ2) is 6.06. The van der Waals surface area contributed by atoms with E-state index in [2.05, 4.69) is 4.74 Å². The standard InChI is InChI=1S/C9H6ClF6NO.ClH/c10-5-3-4(7(17)8(11,12)13)1-2-6(5)18-9(14,15)16;/h1-3,7H,17H2;1H/t7-;/m1./s1. The average molecular weight is 330 g/mol. The van der Waals surface area contributed by atoms with E-state index in [4.69, 9.17) is 17.3 Å². The van der Waals surface area contributed by atoms with Crippen LogP contribution in [0.15, 0.2) is 18.2 Å². The number of halogens is 8. The molecule has 1 aromatic rings. The highest BCUT2D eigenvalue weighted by atomic mass is 35.5. The second-order valence-electron chi connectivity index (χ2n) is 3.26. The van der Waals surface area contributed by atoms with Crippen LogP contribution in [-0.2, 0) is 0 Å². The Morgan fingerprint density at radius 3 is 2.00 bits per heavy atom. The summed E-state index contributed by atoms with van der Waals surface area (Å²) in [5.41, 5.74) is 4.42. The molecular weight excluding hydrogens is 323 g/mol. The number of alkyl halides is 6. The maximum absolute atomic E-state index is 12.3. The van der Waals surface area contributed by atoms with Crippen molar-refractivity contribution in [2.75, 3.05) is 0 Å². The summed E-state index contributed by atoms with van der Waals surface area (Å²) in [7, 11) is 0. The van der Waals surface area contributed by atoms with E-state index in [0.717, 1.165) is 6.07 Å². The van der Waals surface area contributed by atoms with Gasteiger partial charge in [0, 0.05) is 0 Å². The van der Waals surface area contributed by atoms with Crippen molar-refractivity contribution in [2.45, 2.75) is 18.6 Å². The normalized spacial score (nSPS) is 13.7. The third-order valence-electron chi connectivity index (χ3n) is 1.89. The number of benzene rings is 1. The van der Waals surface area contributed by atoms with Crippen molar-refractivity contribution in [3.8, 4) is 5.75 Å². The van der Waals surface area contributed by atoms with Crippen LogP contribution in [0.4, 0.5) is 26.3 Å². The van der Waals surface area contributed by atoms with E-state index in [9.17, 15) is 26.3 Å². The van der Waals surface area contributed by atoms with Gasteiger partial charge in [0.2, 0.25) is 0 Å². The Labute approximate surface area is 114 Å². The molecule has 1 aromatic carbocycles. The first-order chi connectivity index (χ1) is 8.00. The van der Waals surface area contributed by atoms with Crippen molar-refractivity contribution in [2.24, 2.45) is 5.73 Å². The lowest BCUT2D eigenvalue weighted by Crippen LogP contribution is -2.28. The van der Waals surface area contributed by atoms with Crippen molar-refractivity contribution in [1.82, 2.24) is 0 Å². The number of rotatable bonds is 2. The van der Waals surface area contributed by atoms with Gasteiger partial charge in [0.1, 0.15) is 11.8 Å². The Hall–Kier alpha value is -0.860. The zero-order chi connectivity index (χ0) is 14.1. The molecule has 0 spiro atoms. The predicted octanol–water partition coefficient (Wildman–Crippen LogP) is 4.22. The topological polar surface area (TPSA) is 35.2 Å². The Morgan fingerprint density at radius 1 is 1.11 bits per heavy atom. The van der Waals surface area contributed by atoms with Gasteiger partial charge in [-0.3, -0.25) is 0 Å². The van der Waals surface area contributed by atoms with Gasteiger partial charge in [-0.25, -0.2) is 0 Å². The summed E-state index contributed by atoms with van der Waals surface area (Å²) in [5, 5.41) is -0.607. The molecule has 110 valence electrons. The summed E-state index contributed by atoms with van der Waals surface area (Å²) in [6, 6.07) is -0.197. The first-order valence-corrected chi connectivity index (χ1v) is 4.76. The zero-order valence-electron chi connectivity index (χ0n) is 8.85. The number of hydrogen-bond acceptors (Lipinski definition) is 2. The number of hydrogen-bond donors (Lipinski definition) is 1. The first kappa shape index (κ1) is 18.1. The van der Waals surface area contributed by atoms with Crippen LogP contribution in [0.5, 0.6) is 5.75 Å². The molecule has 0 aromatic heterocycles. The van der Waals surface area contributed by atoms with Crippen molar-refractivity contribution in [1.29, 1.82) is 0 Å². The number of nitrogens with two attached hydrogens (primary N) is 1. The van der Waals surface area contributed by atoms with Gasteiger partial charge in [-0.1, -0.05) is 17.7 Å². The maximum Gasteiger partial charge on any atom is 0.573 e. The summed E-state index contributed by atoms with van der Waals surface area (Å²) in [4.78, 5) is 0. The van der Waals surface area contributed by atoms with E-state index in [-0.39, 0.29) is 12.4 Å². The molecule has 0 amide bonds. The lowest BCUT2D eigenvalue weighted by Gasteiger charge is -2.17. The molecule has 0 heterocycles. The summed E-state index contributed by atoms with van der Waals surface area (Å²) >= 11 is 5.38. The van der Waals surface area contributed by atoms with Crippen LogP contribution in [0, 0.1) is 0 Å². The molecule has 0 saturated heterocycles. The lowest BCUT2D eigenvalue weighted by molar-refractivity contribution is -0.274. The summed E-state index contributed by atoms with van der Waals surface area (Å²) in [6.07, 6.45) is -9.69. The molecule has 0 aliphatic heterocycles. The van der Waals surface area contributed by atoms with Gasteiger partial charge < -0.3 is 10.5 Å². The van der Waals surface area contributed by atoms with Crippen LogP contribution >= 0.6 is 24.0 Å². The summed E-state index contributed by atoms with van der Waals surface area (Å²) < 4.78 is 75.9. The molecular formula is C9H7Cl2F6NO. The molecule has 0 fully saturated rings. The Balaban J connectivity index is 0.00000324. The largest absolute Gasteiger partial charge is 0.573 e.